The van der Waals surface area contributed by atoms with Crippen molar-refractivity contribution in [3.8, 4) is 0 Å². The smallest absolute Gasteiger partial charge is 0.392 e. The molecule has 3 aromatic carbocycles. The zero-order chi connectivity index (χ0) is 31.4. The molecule has 21 heteroatoms. The highest BCUT2D eigenvalue weighted by atomic mass is 32.2. The third-order valence-electron chi connectivity index (χ3n) is 5.03. The number of hydrogen-bond acceptors (Lipinski definition) is 2. The van der Waals surface area contributed by atoms with Crippen LogP contribution in [-0.4, -0.2) is 37.8 Å². The summed E-state index contributed by atoms with van der Waals surface area (Å²) >= 11 is 0. The minimum absolute atomic E-state index is 0. The number of halogens is 15. The molecule has 3 aromatic rings. The van der Waals surface area contributed by atoms with Crippen molar-refractivity contribution in [2.24, 2.45) is 0 Å². The summed E-state index contributed by atoms with van der Waals surface area (Å²) in [7, 11) is -2.67. The lowest BCUT2D eigenvalue weighted by molar-refractivity contribution is 0.374. The van der Waals surface area contributed by atoms with Gasteiger partial charge in [-0.15, -0.1) is 0 Å². The van der Waals surface area contributed by atoms with Gasteiger partial charge in [0, 0.05) is 12.5 Å². The minimum atomic E-state index is -6.16. The molecule has 0 heterocycles. The summed E-state index contributed by atoms with van der Waals surface area (Å²) in [6.07, 6.45) is -3.84. The van der Waals surface area contributed by atoms with Gasteiger partial charge in [-0.2, -0.15) is 0 Å². The van der Waals surface area contributed by atoms with Crippen LogP contribution in [0, 0.1) is 87.3 Å². The Balaban J connectivity index is 0.00000129. The second-order valence-corrected chi connectivity index (χ2v) is 10.2. The average molecular weight is 642 g/mol. The van der Waals surface area contributed by atoms with E-state index in [1.807, 2.05) is 0 Å². The zero-order valence-electron chi connectivity index (χ0n) is 19.5. The molecule has 41 heavy (non-hydrogen) atoms. The van der Waals surface area contributed by atoms with Gasteiger partial charge in [0.25, 0.3) is 0 Å². The van der Waals surface area contributed by atoms with Gasteiger partial charge in [-0.25, -0.2) is 74.3 Å². The monoisotopic (exact) mass is 642 g/mol. The molecular formula is C20H10BF15O4S. The van der Waals surface area contributed by atoms with Crippen molar-refractivity contribution in [3.63, 3.8) is 0 Å². The second kappa shape index (κ2) is 11.8. The molecule has 0 unspecified atom stereocenters. The molecule has 4 nitrogen and oxygen atoms in total. The van der Waals surface area contributed by atoms with E-state index < -0.39 is 120 Å². The molecule has 0 bridgehead atoms. The van der Waals surface area contributed by atoms with E-state index in [1.54, 1.807) is 0 Å². The van der Waals surface area contributed by atoms with Crippen LogP contribution in [0.4, 0.5) is 65.9 Å². The minimum Gasteiger partial charge on any atom is -0.681 e. The third kappa shape index (κ3) is 5.82. The topological polar surface area (TPSA) is 88.5 Å². The van der Waals surface area contributed by atoms with Gasteiger partial charge in [0.1, 0.15) is 44.7 Å². The van der Waals surface area contributed by atoms with E-state index >= 15 is 0 Å². The van der Waals surface area contributed by atoms with Gasteiger partial charge < -0.3 is 10.5 Å². The molecule has 3 rings (SSSR count). The van der Waals surface area contributed by atoms with Crippen molar-refractivity contribution in [1.82, 2.24) is 0 Å². The average Bonchev–Trinajstić information content (AvgIpc) is 2.85. The van der Waals surface area contributed by atoms with Crippen molar-refractivity contribution in [2.45, 2.75) is 0 Å². The lowest BCUT2D eigenvalue weighted by Crippen LogP contribution is -2.73. The first-order chi connectivity index (χ1) is 18.0. The first kappa shape index (κ1) is 35.6. The number of benzene rings is 3. The van der Waals surface area contributed by atoms with Crippen molar-refractivity contribution >= 4 is 32.6 Å². The Bertz CT molecular complexity index is 1400. The maximum absolute atomic E-state index is 14.5. The van der Waals surface area contributed by atoms with Crippen molar-refractivity contribution in [1.29, 1.82) is 0 Å². The van der Waals surface area contributed by atoms with Gasteiger partial charge in [0.05, 0.1) is 0 Å². The van der Waals surface area contributed by atoms with E-state index in [4.69, 9.17) is 5.02 Å². The summed E-state index contributed by atoms with van der Waals surface area (Å²) in [5, 5.41) is 8.04. The fourth-order valence-corrected chi connectivity index (χ4v) is 3.44. The molecule has 0 amide bonds. The Morgan fingerprint density at radius 2 is 0.488 bits per heavy atom. The quantitative estimate of drug-likeness (QED) is 0.145. The first-order valence-electron chi connectivity index (χ1n) is 9.64. The van der Waals surface area contributed by atoms with Crippen LogP contribution in [0.1, 0.15) is 0 Å². The third-order valence-corrected chi connectivity index (χ3v) is 5.03. The molecule has 0 aliphatic heterocycles. The van der Waals surface area contributed by atoms with Crippen molar-refractivity contribution in [2.75, 3.05) is 12.5 Å². The molecule has 0 aromatic heterocycles. The summed E-state index contributed by atoms with van der Waals surface area (Å²) in [5.74, 6) is -47.2. The van der Waals surface area contributed by atoms with E-state index in [0.29, 0.717) is 0 Å². The van der Waals surface area contributed by atoms with Gasteiger partial charge in [-0.05, 0) is 16.4 Å². The van der Waals surface area contributed by atoms with E-state index in [2.05, 4.69) is 0 Å². The zero-order valence-corrected chi connectivity index (χ0v) is 20.3. The highest BCUT2D eigenvalue weighted by Gasteiger charge is 2.53. The molecular weight excluding hydrogens is 632 g/mol. The highest BCUT2D eigenvalue weighted by molar-refractivity contribution is 7.89. The van der Waals surface area contributed by atoms with E-state index in [1.165, 1.54) is 0 Å². The summed E-state index contributed by atoms with van der Waals surface area (Å²) in [4.78, 5) is 0. The molecule has 0 spiro atoms. The predicted molar refractivity (Wildman–Crippen MR) is 111 cm³/mol. The van der Waals surface area contributed by atoms with Crippen molar-refractivity contribution in [3.05, 3.63) is 87.3 Å². The van der Waals surface area contributed by atoms with Gasteiger partial charge in [-0.3, -0.25) is 0 Å². The molecule has 0 atom stereocenters. The van der Waals surface area contributed by atoms with Crippen LogP contribution < -0.4 is 16.4 Å². The number of hydrogen-bond donors (Lipinski definition) is 0. The normalized spacial score (nSPS) is 11.7. The van der Waals surface area contributed by atoms with Crippen LogP contribution >= 0.6 is 0 Å². The highest BCUT2D eigenvalue weighted by Crippen LogP contribution is 2.26. The van der Waals surface area contributed by atoms with E-state index in [-0.39, 0.29) is 5.48 Å². The van der Waals surface area contributed by atoms with Gasteiger partial charge in [-0.1, -0.05) is 0 Å². The largest absolute Gasteiger partial charge is 0.681 e. The van der Waals surface area contributed by atoms with E-state index in [9.17, 15) is 74.3 Å². The first-order valence-corrected chi connectivity index (χ1v) is 11.9. The molecule has 0 fully saturated rings. The van der Waals surface area contributed by atoms with Crippen LogP contribution in [-0.2, 0) is 9.84 Å². The molecule has 0 aliphatic carbocycles. The van der Waals surface area contributed by atoms with Crippen LogP contribution in [0.2, 0.25) is 0 Å². The maximum Gasteiger partial charge on any atom is 0.392 e. The fourth-order valence-electron chi connectivity index (χ4n) is 3.44. The lowest BCUT2D eigenvalue weighted by Gasteiger charge is -2.33. The van der Waals surface area contributed by atoms with Gasteiger partial charge >= 0.3 is 6.35 Å². The van der Waals surface area contributed by atoms with Crippen LogP contribution in [0.15, 0.2) is 0 Å². The molecule has 0 saturated carbocycles. The van der Waals surface area contributed by atoms with Crippen LogP contribution in [0.25, 0.3) is 0 Å². The summed E-state index contributed by atoms with van der Waals surface area (Å²) in [6.45, 7) is 0. The number of sulfone groups is 1. The summed E-state index contributed by atoms with van der Waals surface area (Å²) < 4.78 is 229. The predicted octanol–water partition coefficient (Wildman–Crippen LogP) is 2.30. The molecule has 4 N–H and O–H groups in total. The van der Waals surface area contributed by atoms with Crippen LogP contribution in [0.3, 0.4) is 0 Å². The summed E-state index contributed by atoms with van der Waals surface area (Å²) in [5.41, 5.74) is -8.89. The van der Waals surface area contributed by atoms with E-state index in [0.717, 1.165) is 12.5 Å². The maximum atomic E-state index is 14.5. The Labute approximate surface area is 217 Å². The Hall–Kier alpha value is -3.46. The van der Waals surface area contributed by atoms with Gasteiger partial charge in [0.2, 0.25) is 0 Å². The molecule has 228 valence electrons. The van der Waals surface area contributed by atoms with Gasteiger partial charge in [0.15, 0.2) is 52.4 Å². The molecule has 0 radical (unpaired) electrons. The SMILES string of the molecule is CS(C)(=O)=O.O.[OH2+][B-](c1c(F)c(F)c(F)c(F)c1F)(c1c(F)c(F)c(F)c(F)c1F)c1c(F)c(F)c(F)c(F)c1F. The summed E-state index contributed by atoms with van der Waals surface area (Å²) in [6, 6.07) is 0. The Morgan fingerprint density at radius 1 is 0.390 bits per heavy atom. The Kier molecular flexibility index (Phi) is 10.2. The van der Waals surface area contributed by atoms with Crippen molar-refractivity contribution < 1.29 is 84.8 Å². The lowest BCUT2D eigenvalue weighted by atomic mass is 9.28. The van der Waals surface area contributed by atoms with Crippen LogP contribution in [0.5, 0.6) is 0 Å². The Morgan fingerprint density at radius 3 is 0.610 bits per heavy atom. The fraction of sp³-hybridized carbons (Fsp3) is 0.100. The molecule has 0 aliphatic rings. The standard InChI is InChI=1S/C18H2BF15O.C2H6O2S.H2O/c20-4-1(5(21)11(27)16(32)10(4)26)19(35,2-6(22)12(28)17(33)13(29)7(2)23)3-8(24)14(30)18(34)15(31)9(3)25;1-5(2,3)4;/h35H2;1-2H3;1H2. The molecule has 0 saturated heterocycles. The second-order valence-electron chi connectivity index (χ2n) is 7.96. The number of rotatable bonds is 3.